The number of nitrogens with zero attached hydrogens (tertiary/aromatic N) is 2. The number of anilines is 1. The van der Waals surface area contributed by atoms with Crippen molar-refractivity contribution in [2.45, 2.75) is 58.9 Å². The first-order chi connectivity index (χ1) is 9.59. The Morgan fingerprint density at radius 3 is 3.00 bits per heavy atom. The monoisotopic (exact) mass is 293 g/mol. The van der Waals surface area contributed by atoms with Crippen LogP contribution < -0.4 is 10.2 Å². The molecule has 1 saturated heterocycles. The number of aromatic nitrogens is 1. The zero-order valence-electron chi connectivity index (χ0n) is 13.0. The second-order valence-electron chi connectivity index (χ2n) is 7.04. The van der Waals surface area contributed by atoms with Crippen LogP contribution in [0.15, 0.2) is 0 Å². The summed E-state index contributed by atoms with van der Waals surface area (Å²) in [5.41, 5.74) is 1.81. The van der Waals surface area contributed by atoms with Gasteiger partial charge in [0.05, 0.1) is 11.7 Å². The third-order valence-electron chi connectivity index (χ3n) is 4.53. The minimum Gasteiger partial charge on any atom is -0.348 e. The summed E-state index contributed by atoms with van der Waals surface area (Å²) >= 11 is 1.95. The average Bonchev–Trinajstić information content (AvgIpc) is 2.99. The van der Waals surface area contributed by atoms with Crippen molar-refractivity contribution in [1.29, 1.82) is 0 Å². The summed E-state index contributed by atoms with van der Waals surface area (Å²) in [6.45, 7) is 10.4. The van der Waals surface area contributed by atoms with Gasteiger partial charge in [-0.1, -0.05) is 20.8 Å². The van der Waals surface area contributed by atoms with Crippen molar-refractivity contribution in [3.05, 3.63) is 10.6 Å². The van der Waals surface area contributed by atoms with Crippen molar-refractivity contribution in [2.75, 3.05) is 24.5 Å². The zero-order chi connectivity index (χ0) is 14.2. The van der Waals surface area contributed by atoms with Crippen LogP contribution in [-0.2, 0) is 6.42 Å². The number of fused-ring (bicyclic) bond motifs is 1. The van der Waals surface area contributed by atoms with Gasteiger partial charge in [0.1, 0.15) is 0 Å². The smallest absolute Gasteiger partial charge is 0.185 e. The molecule has 0 radical (unpaired) electrons. The van der Waals surface area contributed by atoms with Crippen molar-refractivity contribution in [3.8, 4) is 0 Å². The summed E-state index contributed by atoms with van der Waals surface area (Å²) in [7, 11) is 0. The lowest BCUT2D eigenvalue weighted by Gasteiger charge is -2.22. The standard InChI is InChI=1S/C16H27N3S/c1-4-9-17-12-6-5-7-13-14(12)18-15(20-13)19-10-8-16(2,3)11-19/h12,17H,4-11H2,1-3H3. The number of hydrogen-bond donors (Lipinski definition) is 1. The fourth-order valence-corrected chi connectivity index (χ4v) is 4.52. The SMILES string of the molecule is CCCNC1CCCc2sc(N3CCC(C)(C)C3)nc21. The second-order valence-corrected chi connectivity index (χ2v) is 8.10. The largest absolute Gasteiger partial charge is 0.348 e. The lowest BCUT2D eigenvalue weighted by molar-refractivity contribution is 0.418. The van der Waals surface area contributed by atoms with E-state index in [1.807, 2.05) is 11.3 Å². The van der Waals surface area contributed by atoms with E-state index in [-0.39, 0.29) is 0 Å². The van der Waals surface area contributed by atoms with E-state index in [0.29, 0.717) is 11.5 Å². The minimum atomic E-state index is 0.450. The van der Waals surface area contributed by atoms with E-state index in [1.54, 1.807) is 0 Å². The maximum absolute atomic E-state index is 5.01. The Morgan fingerprint density at radius 2 is 2.30 bits per heavy atom. The van der Waals surface area contributed by atoms with Gasteiger partial charge in [-0.25, -0.2) is 4.98 Å². The highest BCUT2D eigenvalue weighted by atomic mass is 32.1. The van der Waals surface area contributed by atoms with E-state index >= 15 is 0 Å². The van der Waals surface area contributed by atoms with E-state index in [2.05, 4.69) is 31.0 Å². The van der Waals surface area contributed by atoms with Crippen LogP contribution in [0.2, 0.25) is 0 Å². The molecule has 20 heavy (non-hydrogen) atoms. The molecule has 1 aliphatic carbocycles. The Kier molecular flexibility index (Phi) is 4.04. The Morgan fingerprint density at radius 1 is 1.45 bits per heavy atom. The maximum atomic E-state index is 5.01. The molecule has 1 N–H and O–H groups in total. The van der Waals surface area contributed by atoms with Crippen molar-refractivity contribution in [1.82, 2.24) is 10.3 Å². The number of nitrogens with one attached hydrogen (secondary N) is 1. The van der Waals surface area contributed by atoms with Gasteiger partial charge < -0.3 is 10.2 Å². The molecule has 1 atom stereocenters. The van der Waals surface area contributed by atoms with Crippen LogP contribution in [0.4, 0.5) is 5.13 Å². The first kappa shape index (κ1) is 14.3. The molecule has 2 heterocycles. The summed E-state index contributed by atoms with van der Waals surface area (Å²) in [5.74, 6) is 0. The maximum Gasteiger partial charge on any atom is 0.185 e. The molecule has 1 aliphatic heterocycles. The molecule has 3 rings (SSSR count). The second kappa shape index (κ2) is 5.64. The van der Waals surface area contributed by atoms with Gasteiger partial charge in [0, 0.05) is 18.0 Å². The van der Waals surface area contributed by atoms with Gasteiger partial charge in [-0.3, -0.25) is 0 Å². The molecule has 112 valence electrons. The van der Waals surface area contributed by atoms with Gasteiger partial charge in [0.2, 0.25) is 0 Å². The highest BCUT2D eigenvalue weighted by Gasteiger charge is 2.32. The quantitative estimate of drug-likeness (QED) is 0.916. The first-order valence-corrected chi connectivity index (χ1v) is 8.88. The highest BCUT2D eigenvalue weighted by Crippen LogP contribution is 2.40. The Labute approximate surface area is 126 Å². The number of thiazole rings is 1. The number of rotatable bonds is 4. The molecule has 0 bridgehead atoms. The van der Waals surface area contributed by atoms with Crippen LogP contribution in [0.5, 0.6) is 0 Å². The molecule has 2 aliphatic rings. The predicted molar refractivity (Wildman–Crippen MR) is 86.7 cm³/mol. The fraction of sp³-hybridized carbons (Fsp3) is 0.812. The van der Waals surface area contributed by atoms with Gasteiger partial charge in [-0.2, -0.15) is 0 Å². The number of aryl methyl sites for hydroxylation is 1. The van der Waals surface area contributed by atoms with E-state index in [0.717, 1.165) is 13.1 Å². The molecule has 3 nitrogen and oxygen atoms in total. The van der Waals surface area contributed by atoms with Crippen molar-refractivity contribution >= 4 is 16.5 Å². The molecule has 0 amide bonds. The van der Waals surface area contributed by atoms with Crippen LogP contribution >= 0.6 is 11.3 Å². The third kappa shape index (κ3) is 2.86. The summed E-state index contributed by atoms with van der Waals surface area (Å²) in [6.07, 6.45) is 6.27. The van der Waals surface area contributed by atoms with Gasteiger partial charge in [-0.15, -0.1) is 11.3 Å². The Balaban J connectivity index is 1.77. The molecule has 4 heteroatoms. The van der Waals surface area contributed by atoms with Crippen LogP contribution in [-0.4, -0.2) is 24.6 Å². The molecule has 1 fully saturated rings. The van der Waals surface area contributed by atoms with E-state index < -0.39 is 0 Å². The molecule has 0 saturated carbocycles. The normalized spacial score (nSPS) is 24.9. The van der Waals surface area contributed by atoms with Gasteiger partial charge in [0.15, 0.2) is 5.13 Å². The van der Waals surface area contributed by atoms with Crippen LogP contribution in [0.3, 0.4) is 0 Å². The average molecular weight is 293 g/mol. The predicted octanol–water partition coefficient (Wildman–Crippen LogP) is 3.76. The molecule has 1 unspecified atom stereocenters. The molecule has 1 aromatic rings. The summed E-state index contributed by atoms with van der Waals surface area (Å²) in [4.78, 5) is 9.05. The molecule has 0 spiro atoms. The van der Waals surface area contributed by atoms with Gasteiger partial charge in [-0.05, 0) is 44.1 Å². The highest BCUT2D eigenvalue weighted by molar-refractivity contribution is 7.15. The summed E-state index contributed by atoms with van der Waals surface area (Å²) in [5, 5.41) is 4.94. The summed E-state index contributed by atoms with van der Waals surface area (Å²) < 4.78 is 0. The van der Waals surface area contributed by atoms with E-state index in [4.69, 9.17) is 4.98 Å². The van der Waals surface area contributed by atoms with Crippen LogP contribution in [0, 0.1) is 5.41 Å². The molecule has 1 aromatic heterocycles. The van der Waals surface area contributed by atoms with Gasteiger partial charge in [0.25, 0.3) is 0 Å². The lowest BCUT2D eigenvalue weighted by atomic mass is 9.93. The van der Waals surface area contributed by atoms with Crippen LogP contribution in [0.1, 0.15) is 63.1 Å². The van der Waals surface area contributed by atoms with Crippen molar-refractivity contribution in [2.24, 2.45) is 5.41 Å². The fourth-order valence-electron chi connectivity index (χ4n) is 3.33. The third-order valence-corrected chi connectivity index (χ3v) is 5.72. The van der Waals surface area contributed by atoms with Crippen LogP contribution in [0.25, 0.3) is 0 Å². The number of hydrogen-bond acceptors (Lipinski definition) is 4. The van der Waals surface area contributed by atoms with Crippen molar-refractivity contribution in [3.63, 3.8) is 0 Å². The molecular weight excluding hydrogens is 266 g/mol. The first-order valence-electron chi connectivity index (χ1n) is 8.07. The summed E-state index contributed by atoms with van der Waals surface area (Å²) in [6, 6.07) is 0.499. The van der Waals surface area contributed by atoms with E-state index in [9.17, 15) is 0 Å². The Hall–Kier alpha value is -0.610. The molecular formula is C16H27N3S. The minimum absolute atomic E-state index is 0.450. The van der Waals surface area contributed by atoms with Gasteiger partial charge >= 0.3 is 0 Å². The lowest BCUT2D eigenvalue weighted by Crippen LogP contribution is -2.26. The molecule has 0 aromatic carbocycles. The van der Waals surface area contributed by atoms with E-state index in [1.165, 1.54) is 54.4 Å². The Bertz CT molecular complexity index is 466. The zero-order valence-corrected chi connectivity index (χ0v) is 13.9. The topological polar surface area (TPSA) is 28.2 Å². The van der Waals surface area contributed by atoms with Crippen molar-refractivity contribution < 1.29 is 0 Å².